The van der Waals surface area contributed by atoms with Gasteiger partial charge in [0.1, 0.15) is 0 Å². The van der Waals surface area contributed by atoms with Gasteiger partial charge in [-0.15, -0.1) is 0 Å². The van der Waals surface area contributed by atoms with Crippen molar-refractivity contribution < 1.29 is 0 Å². The number of allylic oxidation sites excluding steroid dienone is 2. The number of hydrogen-bond donors (Lipinski definition) is 0. The molecule has 0 aromatic heterocycles. The third kappa shape index (κ3) is 6.45. The molecule has 72 valence electrons. The SMILES string of the molecule is C/C=C(/C)CC(C)CCCCC. The largest absolute Gasteiger partial charge is 0.0887 e. The molecule has 0 aromatic rings. The van der Waals surface area contributed by atoms with Gasteiger partial charge >= 0.3 is 0 Å². The highest BCUT2D eigenvalue weighted by Crippen LogP contribution is 2.17. The Morgan fingerprint density at radius 2 is 2.00 bits per heavy atom. The van der Waals surface area contributed by atoms with E-state index in [0.29, 0.717) is 0 Å². The Morgan fingerprint density at radius 3 is 2.50 bits per heavy atom. The zero-order chi connectivity index (χ0) is 9.40. The minimum atomic E-state index is 0.882. The molecular formula is C12H24. The van der Waals surface area contributed by atoms with Crippen LogP contribution in [0.5, 0.6) is 0 Å². The van der Waals surface area contributed by atoms with E-state index in [9.17, 15) is 0 Å². The van der Waals surface area contributed by atoms with E-state index in [2.05, 4.69) is 33.8 Å². The standard InChI is InChI=1S/C12H24/c1-5-7-8-9-12(4)10-11(3)6-2/h6,12H,5,7-10H2,1-4H3/b11-6-. The Morgan fingerprint density at radius 1 is 1.33 bits per heavy atom. The highest BCUT2D eigenvalue weighted by Gasteiger charge is 2.01. The third-order valence-electron chi connectivity index (χ3n) is 2.46. The average molecular weight is 168 g/mol. The van der Waals surface area contributed by atoms with E-state index in [0.717, 1.165) is 5.92 Å². The summed E-state index contributed by atoms with van der Waals surface area (Å²) in [6.45, 7) is 8.99. The lowest BCUT2D eigenvalue weighted by molar-refractivity contribution is 0.491. The van der Waals surface area contributed by atoms with Crippen molar-refractivity contribution in [3.63, 3.8) is 0 Å². The maximum Gasteiger partial charge on any atom is -0.0297 e. The molecule has 0 nitrogen and oxygen atoms in total. The molecule has 12 heavy (non-hydrogen) atoms. The Balaban J connectivity index is 3.39. The first-order chi connectivity index (χ1) is 5.70. The summed E-state index contributed by atoms with van der Waals surface area (Å²) in [7, 11) is 0. The molecule has 0 spiro atoms. The molecule has 0 aromatic carbocycles. The van der Waals surface area contributed by atoms with E-state index >= 15 is 0 Å². The first-order valence-electron chi connectivity index (χ1n) is 5.32. The first-order valence-corrected chi connectivity index (χ1v) is 5.32. The molecule has 0 heteroatoms. The van der Waals surface area contributed by atoms with Crippen LogP contribution < -0.4 is 0 Å². The summed E-state index contributed by atoms with van der Waals surface area (Å²) in [6.07, 6.45) is 9.08. The van der Waals surface area contributed by atoms with E-state index in [4.69, 9.17) is 0 Å². The molecule has 0 radical (unpaired) electrons. The van der Waals surface area contributed by atoms with E-state index < -0.39 is 0 Å². The molecule has 0 saturated heterocycles. The topological polar surface area (TPSA) is 0 Å². The molecule has 0 aliphatic rings. The van der Waals surface area contributed by atoms with Crippen LogP contribution in [0.4, 0.5) is 0 Å². The van der Waals surface area contributed by atoms with Crippen LogP contribution in [0.15, 0.2) is 11.6 Å². The minimum absolute atomic E-state index is 0.882. The van der Waals surface area contributed by atoms with Crippen molar-refractivity contribution in [2.24, 2.45) is 5.92 Å². The lowest BCUT2D eigenvalue weighted by Crippen LogP contribution is -1.95. The molecule has 0 N–H and O–H groups in total. The van der Waals surface area contributed by atoms with E-state index in [-0.39, 0.29) is 0 Å². The predicted molar refractivity (Wildman–Crippen MR) is 57.4 cm³/mol. The monoisotopic (exact) mass is 168 g/mol. The van der Waals surface area contributed by atoms with Crippen LogP contribution in [0.2, 0.25) is 0 Å². The normalized spacial score (nSPS) is 14.8. The van der Waals surface area contributed by atoms with Crippen LogP contribution >= 0.6 is 0 Å². The molecule has 1 unspecified atom stereocenters. The Bertz CT molecular complexity index is 122. The summed E-state index contributed by atoms with van der Waals surface area (Å²) >= 11 is 0. The number of rotatable bonds is 6. The first kappa shape index (κ1) is 11.7. The van der Waals surface area contributed by atoms with Crippen molar-refractivity contribution in [3.8, 4) is 0 Å². The third-order valence-corrected chi connectivity index (χ3v) is 2.46. The maximum atomic E-state index is 2.36. The van der Waals surface area contributed by atoms with Crippen LogP contribution in [0.3, 0.4) is 0 Å². The van der Waals surface area contributed by atoms with Crippen LogP contribution in [-0.2, 0) is 0 Å². The quantitative estimate of drug-likeness (QED) is 0.403. The molecule has 0 saturated carbocycles. The van der Waals surface area contributed by atoms with Crippen molar-refractivity contribution in [1.29, 1.82) is 0 Å². The smallest absolute Gasteiger partial charge is 0.0297 e. The highest BCUT2D eigenvalue weighted by molar-refractivity contribution is 4.96. The van der Waals surface area contributed by atoms with Crippen molar-refractivity contribution >= 4 is 0 Å². The lowest BCUT2D eigenvalue weighted by atomic mass is 9.96. The van der Waals surface area contributed by atoms with E-state index in [1.807, 2.05) is 0 Å². The summed E-state index contributed by atoms with van der Waals surface area (Å²) in [5, 5.41) is 0. The molecule has 1 atom stereocenters. The van der Waals surface area contributed by atoms with Gasteiger partial charge in [0.25, 0.3) is 0 Å². The van der Waals surface area contributed by atoms with Crippen molar-refractivity contribution in [2.75, 3.05) is 0 Å². The number of hydrogen-bond acceptors (Lipinski definition) is 0. The van der Waals surface area contributed by atoms with Gasteiger partial charge in [0.2, 0.25) is 0 Å². The second-order valence-corrected chi connectivity index (χ2v) is 3.94. The van der Waals surface area contributed by atoms with Crippen LogP contribution in [-0.4, -0.2) is 0 Å². The molecule has 0 bridgehead atoms. The fourth-order valence-corrected chi connectivity index (χ4v) is 1.51. The summed E-state index contributed by atoms with van der Waals surface area (Å²) < 4.78 is 0. The molecule has 0 aliphatic carbocycles. The van der Waals surface area contributed by atoms with Gasteiger partial charge in [-0.1, -0.05) is 51.2 Å². The molecular weight excluding hydrogens is 144 g/mol. The molecule has 0 rings (SSSR count). The van der Waals surface area contributed by atoms with Gasteiger partial charge in [-0.2, -0.15) is 0 Å². The van der Waals surface area contributed by atoms with Crippen molar-refractivity contribution in [3.05, 3.63) is 11.6 Å². The Kier molecular flexibility index (Phi) is 7.23. The fraction of sp³-hybridized carbons (Fsp3) is 0.833. The van der Waals surface area contributed by atoms with Gasteiger partial charge in [0, 0.05) is 0 Å². The molecule has 0 aliphatic heterocycles. The van der Waals surface area contributed by atoms with Gasteiger partial charge in [0.15, 0.2) is 0 Å². The average Bonchev–Trinajstić information content (AvgIpc) is 2.05. The van der Waals surface area contributed by atoms with Gasteiger partial charge in [-0.25, -0.2) is 0 Å². The zero-order valence-corrected chi connectivity index (χ0v) is 9.19. The summed E-state index contributed by atoms with van der Waals surface area (Å²) in [5.41, 5.74) is 1.54. The van der Waals surface area contributed by atoms with Crippen LogP contribution in [0, 0.1) is 5.92 Å². The molecule has 0 fully saturated rings. The second kappa shape index (κ2) is 7.39. The Labute approximate surface area is 78.1 Å². The van der Waals surface area contributed by atoms with Gasteiger partial charge in [0.05, 0.1) is 0 Å². The predicted octanol–water partition coefficient (Wildman–Crippen LogP) is 4.56. The summed E-state index contributed by atoms with van der Waals surface area (Å²) in [4.78, 5) is 0. The van der Waals surface area contributed by atoms with Gasteiger partial charge in [-0.05, 0) is 26.2 Å². The van der Waals surface area contributed by atoms with Crippen LogP contribution in [0.1, 0.15) is 59.8 Å². The highest BCUT2D eigenvalue weighted by atomic mass is 14.1. The van der Waals surface area contributed by atoms with Crippen LogP contribution in [0.25, 0.3) is 0 Å². The summed E-state index contributed by atoms with van der Waals surface area (Å²) in [6, 6.07) is 0. The summed E-state index contributed by atoms with van der Waals surface area (Å²) in [5.74, 6) is 0.882. The molecule has 0 heterocycles. The lowest BCUT2D eigenvalue weighted by Gasteiger charge is -2.10. The second-order valence-electron chi connectivity index (χ2n) is 3.94. The van der Waals surface area contributed by atoms with E-state index in [1.54, 1.807) is 5.57 Å². The van der Waals surface area contributed by atoms with Gasteiger partial charge in [-0.3, -0.25) is 0 Å². The number of unbranched alkanes of at least 4 members (excludes halogenated alkanes) is 2. The Hall–Kier alpha value is -0.260. The van der Waals surface area contributed by atoms with Gasteiger partial charge < -0.3 is 0 Å². The van der Waals surface area contributed by atoms with Crippen molar-refractivity contribution in [2.45, 2.75) is 59.8 Å². The molecule has 0 amide bonds. The maximum absolute atomic E-state index is 2.36. The zero-order valence-electron chi connectivity index (χ0n) is 9.19. The van der Waals surface area contributed by atoms with E-state index in [1.165, 1.54) is 32.1 Å². The minimum Gasteiger partial charge on any atom is -0.0887 e. The fourth-order valence-electron chi connectivity index (χ4n) is 1.51. The van der Waals surface area contributed by atoms with Crippen molar-refractivity contribution in [1.82, 2.24) is 0 Å².